The zero-order valence-electron chi connectivity index (χ0n) is 32.9. The van der Waals surface area contributed by atoms with Gasteiger partial charge in [-0.05, 0) is 0 Å². The first kappa shape index (κ1) is 57.4. The van der Waals surface area contributed by atoms with Gasteiger partial charge in [-0.3, -0.25) is 0 Å². The van der Waals surface area contributed by atoms with E-state index in [1.165, 1.54) is 0 Å². The normalized spacial score (nSPS) is 49.1. The fraction of sp³-hybridized carbons (Fsp3) is 1.00. The van der Waals surface area contributed by atoms with Gasteiger partial charge in [0.1, 0.15) is 122 Å². The zero-order chi connectivity index (χ0) is 44.5. The van der Waals surface area contributed by atoms with Crippen molar-refractivity contribution in [3.63, 3.8) is 0 Å². The quantitative estimate of drug-likeness (QED) is 0.0535. The Morgan fingerprint density at radius 3 is 1.05 bits per heavy atom. The van der Waals surface area contributed by atoms with Crippen LogP contribution in [0.25, 0.3) is 0 Å². The molecule has 25 atom stereocenters. The maximum Gasteiger partial charge on any atom is 1.00 e. The summed E-state index contributed by atoms with van der Waals surface area (Å²) in [6.45, 7) is -5.06. The number of phosphoric acid groups is 1. The Balaban J connectivity index is 0.00000512. The van der Waals surface area contributed by atoms with Crippen LogP contribution in [0.3, 0.4) is 0 Å². The molecule has 352 valence electrons. The number of phosphoric ester groups is 1. The molecule has 1 unspecified atom stereocenters. The Labute approximate surface area is 394 Å². The van der Waals surface area contributed by atoms with Crippen LogP contribution in [0, 0.1) is 0 Å². The zero-order valence-corrected chi connectivity index (χ0v) is 37.8. The van der Waals surface area contributed by atoms with Crippen LogP contribution < -0.4 is 68.9 Å². The molecule has 32 heteroatoms. The van der Waals surface area contributed by atoms with E-state index in [0.717, 1.165) is 0 Å². The molecule has 29 nitrogen and oxygen atoms in total. The third kappa shape index (κ3) is 12.8. The van der Waals surface area contributed by atoms with Crippen molar-refractivity contribution in [2.45, 2.75) is 154 Å². The maximum atomic E-state index is 11.4. The molecule has 5 rings (SSSR count). The fourth-order valence-electron chi connectivity index (χ4n) is 7.15. The van der Waals surface area contributed by atoms with Crippen LogP contribution in [0.15, 0.2) is 0 Å². The molecule has 0 saturated carbocycles. The Bertz CT molecular complexity index is 1400. The molecule has 0 aromatic rings. The van der Waals surface area contributed by atoms with E-state index in [1.54, 1.807) is 0 Å². The molecular weight excluding hydrogens is 901 g/mol. The predicted molar refractivity (Wildman–Crippen MR) is 173 cm³/mol. The summed E-state index contributed by atoms with van der Waals surface area (Å²) < 4.78 is 63.9. The summed E-state index contributed by atoms with van der Waals surface area (Å²) in [5, 5.41) is 168. The number of aliphatic hydroxyl groups is 16. The van der Waals surface area contributed by atoms with E-state index in [9.17, 15) is 96.1 Å². The number of aliphatic hydroxyl groups excluding tert-OH is 16. The number of rotatable bonds is 15. The summed E-state index contributed by atoms with van der Waals surface area (Å²) >= 11 is 0. The van der Waals surface area contributed by atoms with Crippen molar-refractivity contribution in [3.8, 4) is 0 Å². The van der Waals surface area contributed by atoms with Crippen LogP contribution in [-0.4, -0.2) is 268 Å². The molecule has 5 aliphatic rings. The van der Waals surface area contributed by atoms with Crippen LogP contribution >= 0.6 is 7.82 Å². The molecule has 62 heavy (non-hydrogen) atoms. The second-order valence-electron chi connectivity index (χ2n) is 14.5. The van der Waals surface area contributed by atoms with Gasteiger partial charge >= 0.3 is 59.1 Å². The smallest absolute Gasteiger partial charge is 0.790 e. The van der Waals surface area contributed by atoms with Crippen LogP contribution in [0.2, 0.25) is 0 Å². The minimum Gasteiger partial charge on any atom is -0.790 e. The van der Waals surface area contributed by atoms with Crippen LogP contribution in [0.5, 0.6) is 0 Å². The monoisotopic (exact) mass is 952 g/mol. The molecule has 5 fully saturated rings. The van der Waals surface area contributed by atoms with Gasteiger partial charge in [0.2, 0.25) is 0 Å². The third-order valence-electron chi connectivity index (χ3n) is 10.5. The van der Waals surface area contributed by atoms with E-state index in [-0.39, 0.29) is 59.1 Å². The molecule has 0 radical (unpaired) electrons. The van der Waals surface area contributed by atoms with E-state index in [0.29, 0.717) is 0 Å². The molecule has 0 aromatic carbocycles. The van der Waals surface area contributed by atoms with Crippen LogP contribution in [-0.2, 0) is 51.7 Å². The van der Waals surface area contributed by atoms with Gasteiger partial charge in [0.25, 0.3) is 0 Å². The third-order valence-corrected chi connectivity index (χ3v) is 11.0. The molecule has 16 N–H and O–H groups in total. The Morgan fingerprint density at radius 1 is 0.387 bits per heavy atom. The Morgan fingerprint density at radius 2 is 0.694 bits per heavy atom. The minimum atomic E-state index is -5.64. The number of ether oxygens (including phenoxy) is 9. The first-order valence-electron chi connectivity index (χ1n) is 18.3. The molecule has 0 amide bonds. The van der Waals surface area contributed by atoms with E-state index in [1.807, 2.05) is 0 Å². The number of hydrogen-bond donors (Lipinski definition) is 16. The largest absolute Gasteiger partial charge is 1.00 e. The van der Waals surface area contributed by atoms with Crippen molar-refractivity contribution in [1.29, 1.82) is 0 Å². The standard InChI is InChI=1S/C30H53O29P.2Na/c31-1-6-11(35)17(41)25(26(46)51-6)59-30-21(45)24(15(39)9(4-34)54-30)58-29-20(44)23(14(38)8(3-33)53-29)57-28-19(43)22(13(37)7(2-32)52-28)56-27-18(42)16(40)12(36)10(55-27)5-50-60(47,48)49;;/h6-46H,1-5H2,(H2,47,48,49);;/q;2*+1/p-2/t6-,7-,8-,9-,10-,11-,12-,13-,14-,15-,16+,17+,18+,19+,20+,21+,22+,23+,24+,25+,26?,27-,28-,29-,30-;;/m1../s1. The molecule has 5 heterocycles. The van der Waals surface area contributed by atoms with E-state index < -0.39 is 194 Å². The van der Waals surface area contributed by atoms with Gasteiger partial charge in [0, 0.05) is 0 Å². The topological polar surface area (TPSA) is 479 Å². The van der Waals surface area contributed by atoms with Gasteiger partial charge in [-0.2, -0.15) is 0 Å². The second-order valence-corrected chi connectivity index (χ2v) is 15.7. The molecule has 5 saturated heterocycles. The van der Waals surface area contributed by atoms with E-state index in [2.05, 4.69) is 4.52 Å². The molecule has 0 spiro atoms. The van der Waals surface area contributed by atoms with Crippen molar-refractivity contribution in [1.82, 2.24) is 0 Å². The summed E-state index contributed by atoms with van der Waals surface area (Å²) in [6.07, 6.45) is -49.7. The summed E-state index contributed by atoms with van der Waals surface area (Å²) in [5.41, 5.74) is 0. The Hall–Kier alpha value is 1.11. The van der Waals surface area contributed by atoms with Crippen LogP contribution in [0.1, 0.15) is 0 Å². The molecule has 5 aliphatic heterocycles. The first-order valence-corrected chi connectivity index (χ1v) is 19.8. The second kappa shape index (κ2) is 24.6. The van der Waals surface area contributed by atoms with Crippen molar-refractivity contribution >= 4 is 7.82 Å². The fourth-order valence-corrected chi connectivity index (χ4v) is 7.48. The average Bonchev–Trinajstić information content (AvgIpc) is 3.20. The SMILES string of the molecule is O=P([O-])([O-])OC[C@H]1O[C@H](O[C@@H]2[C@H](O)[C@@H](O[C@@H]3[C@H](O)[C@@H](O[C@@H]4[C@H](O)[C@@H](O[C@@H]5C(O)O[C@H](CO)[C@@H](O)[C@@H]5O)O[C@H](CO)[C@H]4O)O[C@H](CO)[C@H]3O)O[C@H](CO)[C@H]2O)[C@@H](O)[C@@H](O)[C@@H]1O.[Na+].[Na+]. The van der Waals surface area contributed by atoms with Gasteiger partial charge in [-0.15, -0.1) is 0 Å². The van der Waals surface area contributed by atoms with Crippen molar-refractivity contribution in [3.05, 3.63) is 0 Å². The predicted octanol–water partition coefficient (Wildman–Crippen LogP) is -19.1. The summed E-state index contributed by atoms with van der Waals surface area (Å²) in [4.78, 5) is 22.0. The van der Waals surface area contributed by atoms with Gasteiger partial charge in [0.05, 0.1) is 40.9 Å². The summed E-state index contributed by atoms with van der Waals surface area (Å²) in [6, 6.07) is 0. The summed E-state index contributed by atoms with van der Waals surface area (Å²) in [5.74, 6) is 0. The average molecular weight is 953 g/mol. The number of hydrogen-bond acceptors (Lipinski definition) is 29. The van der Waals surface area contributed by atoms with E-state index >= 15 is 0 Å². The minimum absolute atomic E-state index is 0. The van der Waals surface area contributed by atoms with Crippen molar-refractivity contribution < 1.29 is 202 Å². The van der Waals surface area contributed by atoms with Gasteiger partial charge in [-0.1, -0.05) is 0 Å². The Kier molecular flexibility index (Phi) is 22.8. The molecular formula is C30H51Na2O29P. The van der Waals surface area contributed by atoms with Crippen molar-refractivity contribution in [2.75, 3.05) is 33.0 Å². The molecule has 0 aliphatic carbocycles. The van der Waals surface area contributed by atoms with Gasteiger partial charge < -0.3 is 143 Å². The molecule has 0 aromatic heterocycles. The first-order chi connectivity index (χ1) is 28.2. The maximum absolute atomic E-state index is 11.4. The van der Waals surface area contributed by atoms with Gasteiger partial charge in [-0.25, -0.2) is 0 Å². The van der Waals surface area contributed by atoms with Gasteiger partial charge in [0.15, 0.2) is 31.5 Å². The summed E-state index contributed by atoms with van der Waals surface area (Å²) in [7, 11) is -5.64. The van der Waals surface area contributed by atoms with E-state index in [4.69, 9.17) is 42.6 Å². The molecule has 0 bridgehead atoms. The van der Waals surface area contributed by atoms with Crippen molar-refractivity contribution in [2.24, 2.45) is 0 Å². The van der Waals surface area contributed by atoms with Crippen LogP contribution in [0.4, 0.5) is 0 Å².